The second kappa shape index (κ2) is 12.3. The van der Waals surface area contributed by atoms with E-state index in [9.17, 15) is 4.79 Å². The van der Waals surface area contributed by atoms with Crippen LogP contribution in [0.25, 0.3) is 5.57 Å². The van der Waals surface area contributed by atoms with Crippen LogP contribution < -0.4 is 0 Å². The molecule has 1 heterocycles. The fourth-order valence-electron chi connectivity index (χ4n) is 3.79. The van der Waals surface area contributed by atoms with Gasteiger partial charge in [0, 0.05) is 23.1 Å². The average Bonchev–Trinajstić information content (AvgIpc) is 2.78. The predicted molar refractivity (Wildman–Crippen MR) is 127 cm³/mol. The standard InChI is InChI=1S/C25H29Cl2NO3/c1-2-31-25(29)21-4-3-14-28(18-21)15-17-30-16-13-24(19-5-9-22(26)10-6-19)20-7-11-23(27)12-8-20/h5-13,21H,2-4,14-18H2,1H3/t21-/m1/s1. The summed E-state index contributed by atoms with van der Waals surface area (Å²) in [6.07, 6.45) is 4.01. The lowest BCUT2D eigenvalue weighted by atomic mass is 9.98. The molecule has 0 spiro atoms. The molecule has 0 saturated carbocycles. The van der Waals surface area contributed by atoms with Gasteiger partial charge in [-0.25, -0.2) is 0 Å². The molecule has 0 radical (unpaired) electrons. The minimum Gasteiger partial charge on any atom is -0.466 e. The Morgan fingerprint density at radius 3 is 2.26 bits per heavy atom. The van der Waals surface area contributed by atoms with E-state index in [1.54, 1.807) is 0 Å². The van der Waals surface area contributed by atoms with Gasteiger partial charge in [-0.2, -0.15) is 0 Å². The van der Waals surface area contributed by atoms with Crippen molar-refractivity contribution in [2.75, 3.05) is 39.5 Å². The maximum atomic E-state index is 12.0. The van der Waals surface area contributed by atoms with Gasteiger partial charge in [-0.15, -0.1) is 0 Å². The summed E-state index contributed by atoms with van der Waals surface area (Å²) >= 11 is 12.1. The van der Waals surface area contributed by atoms with E-state index in [1.807, 2.05) is 55.5 Å². The minimum atomic E-state index is -0.0772. The number of carbonyl (C=O) groups excluding carboxylic acids is 1. The monoisotopic (exact) mass is 461 g/mol. The Balaban J connectivity index is 1.55. The lowest BCUT2D eigenvalue weighted by Gasteiger charge is -2.31. The Morgan fingerprint density at radius 2 is 1.68 bits per heavy atom. The van der Waals surface area contributed by atoms with Crippen LogP contribution in [-0.2, 0) is 14.3 Å². The summed E-state index contributed by atoms with van der Waals surface area (Å²) < 4.78 is 11.1. The molecule has 1 aliphatic rings. The number of likely N-dealkylation sites (tertiary alicyclic amines) is 1. The maximum absolute atomic E-state index is 12.0. The van der Waals surface area contributed by atoms with Gasteiger partial charge in [0.05, 0.1) is 25.7 Å². The molecule has 1 fully saturated rings. The number of hydrogen-bond acceptors (Lipinski definition) is 4. The predicted octanol–water partition coefficient (Wildman–Crippen LogP) is 5.72. The number of ether oxygens (including phenoxy) is 2. The third-order valence-electron chi connectivity index (χ3n) is 5.39. The molecular weight excluding hydrogens is 433 g/mol. The Bertz CT molecular complexity index is 818. The summed E-state index contributed by atoms with van der Waals surface area (Å²) in [5, 5.41) is 1.41. The molecule has 1 atom stereocenters. The van der Waals surface area contributed by atoms with Gasteiger partial charge in [0.1, 0.15) is 0 Å². The zero-order valence-corrected chi connectivity index (χ0v) is 19.4. The average molecular weight is 462 g/mol. The van der Waals surface area contributed by atoms with Crippen molar-refractivity contribution in [1.82, 2.24) is 4.90 Å². The van der Waals surface area contributed by atoms with Gasteiger partial charge in [0.15, 0.2) is 0 Å². The highest BCUT2D eigenvalue weighted by atomic mass is 35.5. The molecule has 31 heavy (non-hydrogen) atoms. The van der Waals surface area contributed by atoms with Crippen molar-refractivity contribution < 1.29 is 14.3 Å². The van der Waals surface area contributed by atoms with Crippen molar-refractivity contribution in [2.45, 2.75) is 19.8 Å². The first-order chi connectivity index (χ1) is 15.1. The molecule has 0 aliphatic carbocycles. The molecule has 0 N–H and O–H groups in total. The number of hydrogen-bond donors (Lipinski definition) is 0. The summed E-state index contributed by atoms with van der Waals surface area (Å²) in [5.41, 5.74) is 3.22. The molecule has 2 aromatic carbocycles. The number of carbonyl (C=O) groups is 1. The van der Waals surface area contributed by atoms with Crippen molar-refractivity contribution >= 4 is 34.7 Å². The van der Waals surface area contributed by atoms with E-state index in [-0.39, 0.29) is 11.9 Å². The molecule has 6 heteroatoms. The van der Waals surface area contributed by atoms with E-state index in [2.05, 4.69) is 11.0 Å². The van der Waals surface area contributed by atoms with Gasteiger partial charge in [-0.05, 0) is 67.3 Å². The topological polar surface area (TPSA) is 38.8 Å². The van der Waals surface area contributed by atoms with Crippen LogP contribution >= 0.6 is 23.2 Å². The number of esters is 1. The maximum Gasteiger partial charge on any atom is 0.310 e. The van der Waals surface area contributed by atoms with Crippen molar-refractivity contribution in [2.24, 2.45) is 5.92 Å². The Kier molecular flexibility index (Phi) is 9.41. The molecule has 0 unspecified atom stereocenters. The number of benzene rings is 2. The first-order valence-electron chi connectivity index (χ1n) is 10.8. The van der Waals surface area contributed by atoms with Crippen molar-refractivity contribution in [3.8, 4) is 0 Å². The summed E-state index contributed by atoms with van der Waals surface area (Å²) in [5.74, 6) is -0.0957. The van der Waals surface area contributed by atoms with Crippen molar-refractivity contribution in [3.63, 3.8) is 0 Å². The summed E-state index contributed by atoms with van der Waals surface area (Å²) in [6, 6.07) is 15.6. The second-order valence-corrected chi connectivity index (χ2v) is 8.47. The van der Waals surface area contributed by atoms with E-state index in [0.717, 1.165) is 49.2 Å². The molecule has 166 valence electrons. The van der Waals surface area contributed by atoms with Crippen LogP contribution in [0.15, 0.2) is 54.6 Å². The number of halogens is 2. The van der Waals surface area contributed by atoms with Gasteiger partial charge in [0.2, 0.25) is 0 Å². The minimum absolute atomic E-state index is 0.0185. The molecule has 0 aromatic heterocycles. The van der Waals surface area contributed by atoms with Gasteiger partial charge in [0.25, 0.3) is 0 Å². The quantitative estimate of drug-likeness (QED) is 0.353. The van der Waals surface area contributed by atoms with Crippen molar-refractivity contribution in [1.29, 1.82) is 0 Å². The second-order valence-electron chi connectivity index (χ2n) is 7.60. The molecule has 3 rings (SSSR count). The number of rotatable bonds is 9. The van der Waals surface area contributed by atoms with Gasteiger partial charge >= 0.3 is 5.97 Å². The molecule has 1 saturated heterocycles. The highest BCUT2D eigenvalue weighted by Gasteiger charge is 2.26. The Morgan fingerprint density at radius 1 is 1.06 bits per heavy atom. The van der Waals surface area contributed by atoms with E-state index in [1.165, 1.54) is 0 Å². The SMILES string of the molecule is CCOC(=O)[C@@H]1CCCN(CCOCC=C(c2ccc(Cl)cc2)c2ccc(Cl)cc2)C1. The number of piperidine rings is 1. The summed E-state index contributed by atoms with van der Waals surface area (Å²) in [7, 11) is 0. The Labute approximate surface area is 194 Å². The van der Waals surface area contributed by atoms with Gasteiger partial charge < -0.3 is 14.4 Å². The number of nitrogens with zero attached hydrogens (tertiary/aromatic N) is 1. The lowest BCUT2D eigenvalue weighted by molar-refractivity contribution is -0.150. The highest BCUT2D eigenvalue weighted by molar-refractivity contribution is 6.31. The van der Waals surface area contributed by atoms with E-state index in [0.29, 0.717) is 29.9 Å². The normalized spacial score (nSPS) is 16.7. The van der Waals surface area contributed by atoms with E-state index < -0.39 is 0 Å². The lowest BCUT2D eigenvalue weighted by Crippen LogP contribution is -2.40. The third kappa shape index (κ3) is 7.36. The van der Waals surface area contributed by atoms with Crippen LogP contribution in [0.5, 0.6) is 0 Å². The zero-order chi connectivity index (χ0) is 22.1. The smallest absolute Gasteiger partial charge is 0.310 e. The van der Waals surface area contributed by atoms with Crippen LogP contribution in [0.1, 0.15) is 30.9 Å². The fraction of sp³-hybridized carbons (Fsp3) is 0.400. The van der Waals surface area contributed by atoms with Crippen molar-refractivity contribution in [3.05, 3.63) is 75.8 Å². The van der Waals surface area contributed by atoms with Crippen LogP contribution in [0, 0.1) is 5.92 Å². The van der Waals surface area contributed by atoms with E-state index in [4.69, 9.17) is 32.7 Å². The van der Waals surface area contributed by atoms with Crippen LogP contribution in [0.4, 0.5) is 0 Å². The third-order valence-corrected chi connectivity index (χ3v) is 5.90. The largest absolute Gasteiger partial charge is 0.466 e. The zero-order valence-electron chi connectivity index (χ0n) is 17.9. The highest BCUT2D eigenvalue weighted by Crippen LogP contribution is 2.26. The molecule has 2 aromatic rings. The first-order valence-corrected chi connectivity index (χ1v) is 11.5. The van der Waals surface area contributed by atoms with Crippen LogP contribution in [0.3, 0.4) is 0 Å². The van der Waals surface area contributed by atoms with Gasteiger partial charge in [-0.3, -0.25) is 4.79 Å². The first kappa shape index (κ1) is 23.8. The van der Waals surface area contributed by atoms with Gasteiger partial charge in [-0.1, -0.05) is 53.5 Å². The summed E-state index contributed by atoms with van der Waals surface area (Å²) in [6.45, 7) is 5.95. The molecular formula is C25H29Cl2NO3. The molecule has 0 amide bonds. The van der Waals surface area contributed by atoms with Crippen LogP contribution in [0.2, 0.25) is 10.0 Å². The van der Waals surface area contributed by atoms with Crippen LogP contribution in [-0.4, -0.2) is 50.3 Å². The molecule has 0 bridgehead atoms. The van der Waals surface area contributed by atoms with E-state index >= 15 is 0 Å². The Hall–Kier alpha value is -1.85. The molecule has 1 aliphatic heterocycles. The molecule has 4 nitrogen and oxygen atoms in total. The summed E-state index contributed by atoms with van der Waals surface area (Å²) in [4.78, 5) is 14.3. The fourth-order valence-corrected chi connectivity index (χ4v) is 4.04.